The minimum absolute atomic E-state index is 0.497. The van der Waals surface area contributed by atoms with Gasteiger partial charge in [-0.05, 0) is 42.0 Å². The molecule has 1 aliphatic heterocycles. The summed E-state index contributed by atoms with van der Waals surface area (Å²) in [6, 6.07) is 14.6. The zero-order valence-corrected chi connectivity index (χ0v) is 14.0. The average molecular weight is 352 g/mol. The highest BCUT2D eigenvalue weighted by molar-refractivity contribution is 8.19. The van der Waals surface area contributed by atoms with Crippen LogP contribution in [0.4, 0.5) is 10.5 Å². The number of amides is 1. The highest BCUT2D eigenvalue weighted by Crippen LogP contribution is 2.45. The molecule has 3 nitrogen and oxygen atoms in total. The van der Waals surface area contributed by atoms with Gasteiger partial charge >= 0.3 is 6.09 Å². The number of carbonyl (C=O) groups is 1. The Bertz CT molecular complexity index is 640. The molecule has 0 aliphatic carbocycles. The first-order chi connectivity index (χ1) is 10.7. The monoisotopic (exact) mass is 351 g/mol. The maximum Gasteiger partial charge on any atom is 0.417 e. The van der Waals surface area contributed by atoms with Gasteiger partial charge < -0.3 is 4.74 Å². The molecule has 2 aromatic rings. The Labute approximate surface area is 142 Å². The fourth-order valence-corrected chi connectivity index (χ4v) is 5.01. The van der Waals surface area contributed by atoms with E-state index >= 15 is 0 Å². The van der Waals surface area contributed by atoms with Crippen LogP contribution in [0, 0.1) is 0 Å². The summed E-state index contributed by atoms with van der Waals surface area (Å²) < 4.78 is 5.77. The van der Waals surface area contributed by atoms with Crippen molar-refractivity contribution in [2.24, 2.45) is 0 Å². The molecule has 0 unspecified atom stereocenters. The van der Waals surface area contributed by atoms with E-state index in [0.717, 1.165) is 0 Å². The molecular formula is C16H14ClNO2S2. The molecular weight excluding hydrogens is 338 g/mol. The lowest BCUT2D eigenvalue weighted by Crippen LogP contribution is -2.16. The summed E-state index contributed by atoms with van der Waals surface area (Å²) in [4.78, 5) is 11.8. The second kappa shape index (κ2) is 7.31. The Morgan fingerprint density at radius 1 is 1.05 bits per heavy atom. The third-order valence-electron chi connectivity index (χ3n) is 3.08. The lowest BCUT2D eigenvalue weighted by atomic mass is 10.2. The smallest absolute Gasteiger partial charge is 0.410 e. The second-order valence-electron chi connectivity index (χ2n) is 4.66. The van der Waals surface area contributed by atoms with Gasteiger partial charge in [0, 0.05) is 22.2 Å². The molecule has 1 amide bonds. The van der Waals surface area contributed by atoms with Crippen LogP contribution < -0.4 is 10.1 Å². The number of halogens is 1. The molecule has 0 saturated carbocycles. The van der Waals surface area contributed by atoms with E-state index in [4.69, 9.17) is 16.3 Å². The topological polar surface area (TPSA) is 38.3 Å². The van der Waals surface area contributed by atoms with Gasteiger partial charge in [0.1, 0.15) is 5.75 Å². The molecule has 3 rings (SSSR count). The molecule has 1 saturated heterocycles. The molecule has 0 atom stereocenters. The first kappa shape index (κ1) is 15.6. The highest BCUT2D eigenvalue weighted by Gasteiger charge is 2.18. The standard InChI is InChI=1S/C16H14ClNO2S2/c17-12-3-5-13(6-4-12)18-16(19)20-14-7-1-11(2-8-14)15-21-9-10-22-15/h1-8,15H,9-10H2,(H,18,19). The van der Waals surface area contributed by atoms with Crippen molar-refractivity contribution in [2.75, 3.05) is 16.8 Å². The number of anilines is 1. The summed E-state index contributed by atoms with van der Waals surface area (Å²) >= 11 is 9.70. The first-order valence-corrected chi connectivity index (χ1v) is 9.26. The van der Waals surface area contributed by atoms with Gasteiger partial charge in [0.2, 0.25) is 0 Å². The van der Waals surface area contributed by atoms with E-state index in [0.29, 0.717) is 21.0 Å². The number of ether oxygens (including phenoxy) is 1. The van der Waals surface area contributed by atoms with E-state index in [9.17, 15) is 4.79 Å². The largest absolute Gasteiger partial charge is 0.417 e. The molecule has 1 fully saturated rings. The first-order valence-electron chi connectivity index (χ1n) is 6.78. The van der Waals surface area contributed by atoms with E-state index < -0.39 is 6.09 Å². The van der Waals surface area contributed by atoms with Crippen molar-refractivity contribution in [1.29, 1.82) is 0 Å². The molecule has 2 aromatic carbocycles. The van der Waals surface area contributed by atoms with Gasteiger partial charge in [-0.2, -0.15) is 0 Å². The van der Waals surface area contributed by atoms with Crippen molar-refractivity contribution in [3.63, 3.8) is 0 Å². The fourth-order valence-electron chi connectivity index (χ4n) is 2.03. The SMILES string of the molecule is O=C(Nc1ccc(Cl)cc1)Oc1ccc(C2SCCS2)cc1. The lowest BCUT2D eigenvalue weighted by Gasteiger charge is -2.10. The molecule has 0 bridgehead atoms. The zero-order valence-electron chi connectivity index (χ0n) is 11.6. The lowest BCUT2D eigenvalue weighted by molar-refractivity contribution is 0.215. The molecule has 1 heterocycles. The van der Waals surface area contributed by atoms with Gasteiger partial charge in [0.05, 0.1) is 4.58 Å². The van der Waals surface area contributed by atoms with Crippen LogP contribution in [0.5, 0.6) is 5.75 Å². The quantitative estimate of drug-likeness (QED) is 0.800. The third-order valence-corrected chi connectivity index (χ3v) is 6.43. The van der Waals surface area contributed by atoms with Crippen molar-refractivity contribution in [2.45, 2.75) is 4.58 Å². The molecule has 0 radical (unpaired) electrons. The van der Waals surface area contributed by atoms with Gasteiger partial charge in [-0.1, -0.05) is 23.7 Å². The Kier molecular flexibility index (Phi) is 5.18. The van der Waals surface area contributed by atoms with Crippen molar-refractivity contribution in [3.8, 4) is 5.75 Å². The van der Waals surface area contributed by atoms with Crippen molar-refractivity contribution < 1.29 is 9.53 Å². The predicted octanol–water partition coefficient (Wildman–Crippen LogP) is 5.43. The fraction of sp³-hybridized carbons (Fsp3) is 0.188. The molecule has 1 N–H and O–H groups in total. The number of benzene rings is 2. The number of hydrogen-bond acceptors (Lipinski definition) is 4. The summed E-state index contributed by atoms with van der Waals surface area (Å²) in [6.45, 7) is 0. The van der Waals surface area contributed by atoms with E-state index in [1.807, 2.05) is 47.8 Å². The van der Waals surface area contributed by atoms with Crippen molar-refractivity contribution in [1.82, 2.24) is 0 Å². The minimum atomic E-state index is -0.514. The number of nitrogens with one attached hydrogen (secondary N) is 1. The van der Waals surface area contributed by atoms with Crippen LogP contribution in [0.25, 0.3) is 0 Å². The summed E-state index contributed by atoms with van der Waals surface area (Å²) in [5.74, 6) is 2.91. The summed E-state index contributed by atoms with van der Waals surface area (Å²) in [5, 5.41) is 3.28. The summed E-state index contributed by atoms with van der Waals surface area (Å²) in [5.41, 5.74) is 1.91. The van der Waals surface area contributed by atoms with Crippen LogP contribution in [0.3, 0.4) is 0 Å². The van der Waals surface area contributed by atoms with Gasteiger partial charge in [0.25, 0.3) is 0 Å². The van der Waals surface area contributed by atoms with Gasteiger partial charge in [0.15, 0.2) is 0 Å². The number of carbonyl (C=O) groups excluding carboxylic acids is 1. The molecule has 22 heavy (non-hydrogen) atoms. The number of rotatable bonds is 3. The van der Waals surface area contributed by atoms with Crippen LogP contribution >= 0.6 is 35.1 Å². The van der Waals surface area contributed by atoms with E-state index in [1.54, 1.807) is 24.3 Å². The summed E-state index contributed by atoms with van der Waals surface area (Å²) in [7, 11) is 0. The van der Waals surface area contributed by atoms with E-state index in [-0.39, 0.29) is 0 Å². The van der Waals surface area contributed by atoms with Gasteiger partial charge in [-0.25, -0.2) is 4.79 Å². The Morgan fingerprint density at radius 3 is 2.32 bits per heavy atom. The van der Waals surface area contributed by atoms with E-state index in [2.05, 4.69) is 5.32 Å². The van der Waals surface area contributed by atoms with Crippen LogP contribution in [0.15, 0.2) is 48.5 Å². The third kappa shape index (κ3) is 4.12. The predicted molar refractivity (Wildman–Crippen MR) is 95.2 cm³/mol. The minimum Gasteiger partial charge on any atom is -0.410 e. The Balaban J connectivity index is 1.57. The highest BCUT2D eigenvalue weighted by atomic mass is 35.5. The normalized spacial score (nSPS) is 14.8. The molecule has 0 spiro atoms. The van der Waals surface area contributed by atoms with Crippen LogP contribution in [0.1, 0.15) is 10.1 Å². The molecule has 1 aliphatic rings. The maximum atomic E-state index is 11.8. The van der Waals surface area contributed by atoms with Crippen LogP contribution in [0.2, 0.25) is 5.02 Å². The van der Waals surface area contributed by atoms with Crippen molar-refractivity contribution >= 4 is 46.9 Å². The van der Waals surface area contributed by atoms with Gasteiger partial charge in [-0.3, -0.25) is 5.32 Å². The molecule has 114 valence electrons. The van der Waals surface area contributed by atoms with Crippen molar-refractivity contribution in [3.05, 3.63) is 59.1 Å². The molecule has 0 aromatic heterocycles. The van der Waals surface area contributed by atoms with Crippen LogP contribution in [-0.2, 0) is 0 Å². The maximum absolute atomic E-state index is 11.8. The zero-order chi connectivity index (χ0) is 15.4. The Morgan fingerprint density at radius 2 is 1.68 bits per heavy atom. The van der Waals surface area contributed by atoms with Crippen LogP contribution in [-0.4, -0.2) is 17.6 Å². The number of hydrogen-bond donors (Lipinski definition) is 1. The summed E-state index contributed by atoms with van der Waals surface area (Å²) in [6.07, 6.45) is -0.514. The van der Waals surface area contributed by atoms with Gasteiger partial charge in [-0.15, -0.1) is 23.5 Å². The molecule has 6 heteroatoms. The average Bonchev–Trinajstić information content (AvgIpc) is 3.05. The second-order valence-corrected chi connectivity index (χ2v) is 7.82. The van der Waals surface area contributed by atoms with E-state index in [1.165, 1.54) is 17.1 Å². The number of thioether (sulfide) groups is 2. The Hall–Kier alpha value is -1.30.